The van der Waals surface area contributed by atoms with E-state index in [2.05, 4.69) is 50.3 Å². The van der Waals surface area contributed by atoms with Crippen molar-refractivity contribution in [1.29, 1.82) is 0 Å². The number of carbonyl (C=O) groups excluding carboxylic acids is 1. The molecule has 2 nitrogen and oxygen atoms in total. The maximum atomic E-state index is 11.8. The highest BCUT2D eigenvalue weighted by atomic mass is 16.5. The average molecular weight is 555 g/mol. The van der Waals surface area contributed by atoms with E-state index in [0.717, 1.165) is 25.7 Å². The van der Waals surface area contributed by atoms with Crippen LogP contribution >= 0.6 is 0 Å². The molecule has 0 N–H and O–H groups in total. The Hall–Kier alpha value is -1.83. The van der Waals surface area contributed by atoms with Crippen LogP contribution in [0.3, 0.4) is 0 Å². The van der Waals surface area contributed by atoms with Gasteiger partial charge in [0, 0.05) is 6.08 Å². The zero-order chi connectivity index (χ0) is 29.0. The molecule has 0 saturated carbocycles. The third-order valence-corrected chi connectivity index (χ3v) is 7.27. The highest BCUT2D eigenvalue weighted by Crippen LogP contribution is 2.12. The average Bonchev–Trinajstić information content (AvgIpc) is 2.96. The zero-order valence-electron chi connectivity index (χ0n) is 26.8. The second kappa shape index (κ2) is 35.2. The van der Waals surface area contributed by atoms with Crippen LogP contribution in [0, 0.1) is 0 Å². The van der Waals surface area contributed by atoms with Crippen molar-refractivity contribution in [3.63, 3.8) is 0 Å². The van der Waals surface area contributed by atoms with E-state index in [4.69, 9.17) is 4.74 Å². The van der Waals surface area contributed by atoms with Gasteiger partial charge in [-0.2, -0.15) is 0 Å². The van der Waals surface area contributed by atoms with Gasteiger partial charge in [0.1, 0.15) is 0 Å². The fourth-order valence-electron chi connectivity index (χ4n) is 4.67. The summed E-state index contributed by atoms with van der Waals surface area (Å²) in [4.78, 5) is 11.8. The first-order chi connectivity index (χ1) is 19.8. The number of allylic oxidation sites excluding steroid dienone is 9. The Bertz CT molecular complexity index is 652. The van der Waals surface area contributed by atoms with Gasteiger partial charge in [-0.25, -0.2) is 4.79 Å². The smallest absolute Gasteiger partial charge is 0.330 e. The van der Waals surface area contributed by atoms with Crippen molar-refractivity contribution in [3.05, 3.63) is 60.8 Å². The molecule has 0 aliphatic rings. The van der Waals surface area contributed by atoms with Gasteiger partial charge in [0.15, 0.2) is 0 Å². The molecule has 2 heteroatoms. The molecule has 0 radical (unpaired) electrons. The number of esters is 1. The summed E-state index contributed by atoms with van der Waals surface area (Å²) in [5, 5.41) is 0. The van der Waals surface area contributed by atoms with Crippen LogP contribution in [0.4, 0.5) is 0 Å². The summed E-state index contributed by atoms with van der Waals surface area (Å²) in [5.74, 6) is -0.239. The Morgan fingerprint density at radius 2 is 0.875 bits per heavy atom. The van der Waals surface area contributed by atoms with Crippen LogP contribution in [-0.2, 0) is 9.53 Å². The van der Waals surface area contributed by atoms with Gasteiger partial charge >= 0.3 is 5.97 Å². The Morgan fingerprint density at radius 3 is 1.45 bits per heavy atom. The molecule has 0 atom stereocenters. The molecule has 0 rings (SSSR count). The SMILES string of the molecule is CCCCC/C=C\C/C=C/CCCCCCCCOC(=O)C=CC=CC=CCCCCCCCCCCCCC. The van der Waals surface area contributed by atoms with Crippen molar-refractivity contribution >= 4 is 5.97 Å². The van der Waals surface area contributed by atoms with Crippen LogP contribution < -0.4 is 0 Å². The Labute approximate surface area is 250 Å². The molecular weight excluding hydrogens is 488 g/mol. The first-order valence-corrected chi connectivity index (χ1v) is 17.3. The minimum Gasteiger partial charge on any atom is -0.463 e. The maximum absolute atomic E-state index is 11.8. The summed E-state index contributed by atoms with van der Waals surface area (Å²) < 4.78 is 5.30. The van der Waals surface area contributed by atoms with Gasteiger partial charge in [0.05, 0.1) is 6.61 Å². The minimum atomic E-state index is -0.239. The fourth-order valence-corrected chi connectivity index (χ4v) is 4.67. The summed E-state index contributed by atoms with van der Waals surface area (Å²) in [7, 11) is 0. The van der Waals surface area contributed by atoms with Crippen molar-refractivity contribution in [2.24, 2.45) is 0 Å². The number of unbranched alkanes of at least 4 members (excludes halogenated alkanes) is 20. The summed E-state index contributed by atoms with van der Waals surface area (Å²) in [5.41, 5.74) is 0. The van der Waals surface area contributed by atoms with Gasteiger partial charge in [-0.3, -0.25) is 0 Å². The fraction of sp³-hybridized carbons (Fsp3) is 0.711. The molecule has 0 aromatic heterocycles. The monoisotopic (exact) mass is 555 g/mol. The normalized spacial score (nSPS) is 12.3. The van der Waals surface area contributed by atoms with Crippen molar-refractivity contribution in [2.45, 2.75) is 168 Å². The van der Waals surface area contributed by atoms with Crippen LogP contribution in [0.2, 0.25) is 0 Å². The van der Waals surface area contributed by atoms with E-state index in [1.54, 1.807) is 6.08 Å². The lowest BCUT2D eigenvalue weighted by atomic mass is 10.1. The summed E-state index contributed by atoms with van der Waals surface area (Å²) in [6.07, 6.45) is 51.8. The van der Waals surface area contributed by atoms with E-state index >= 15 is 0 Å². The molecule has 0 amide bonds. The van der Waals surface area contributed by atoms with Gasteiger partial charge in [0.2, 0.25) is 0 Å². The maximum Gasteiger partial charge on any atom is 0.330 e. The molecule has 0 aromatic carbocycles. The molecule has 0 spiro atoms. The minimum absolute atomic E-state index is 0.239. The van der Waals surface area contributed by atoms with Crippen molar-refractivity contribution in [3.8, 4) is 0 Å². The molecule has 230 valence electrons. The lowest BCUT2D eigenvalue weighted by Crippen LogP contribution is -2.02. The van der Waals surface area contributed by atoms with Crippen LogP contribution in [0.5, 0.6) is 0 Å². The molecule has 0 fully saturated rings. The Balaban J connectivity index is 3.42. The second-order valence-corrected chi connectivity index (χ2v) is 11.2. The molecule has 0 aliphatic heterocycles. The molecule has 40 heavy (non-hydrogen) atoms. The topological polar surface area (TPSA) is 26.3 Å². The van der Waals surface area contributed by atoms with Gasteiger partial charge in [-0.15, -0.1) is 0 Å². The summed E-state index contributed by atoms with van der Waals surface area (Å²) >= 11 is 0. The van der Waals surface area contributed by atoms with E-state index in [0.29, 0.717) is 6.61 Å². The third-order valence-electron chi connectivity index (χ3n) is 7.27. The molecular formula is C38H66O2. The lowest BCUT2D eigenvalue weighted by molar-refractivity contribution is -0.137. The van der Waals surface area contributed by atoms with E-state index in [9.17, 15) is 4.79 Å². The van der Waals surface area contributed by atoms with Crippen molar-refractivity contribution < 1.29 is 9.53 Å². The van der Waals surface area contributed by atoms with Crippen LogP contribution in [0.25, 0.3) is 0 Å². The van der Waals surface area contributed by atoms with Crippen molar-refractivity contribution in [2.75, 3.05) is 6.61 Å². The number of rotatable bonds is 30. The predicted octanol–water partition coefficient (Wildman–Crippen LogP) is 12.7. The van der Waals surface area contributed by atoms with Crippen molar-refractivity contribution in [1.82, 2.24) is 0 Å². The molecule has 0 saturated heterocycles. The number of ether oxygens (including phenoxy) is 1. The molecule has 0 bridgehead atoms. The van der Waals surface area contributed by atoms with E-state index in [1.165, 1.54) is 134 Å². The Morgan fingerprint density at radius 1 is 0.450 bits per heavy atom. The molecule has 0 heterocycles. The number of hydrogen-bond acceptors (Lipinski definition) is 2. The van der Waals surface area contributed by atoms with Crippen LogP contribution in [-0.4, -0.2) is 12.6 Å². The third kappa shape index (κ3) is 34.2. The summed E-state index contributed by atoms with van der Waals surface area (Å²) in [6.45, 7) is 5.06. The molecule has 0 aromatic rings. The number of carbonyl (C=O) groups is 1. The highest BCUT2D eigenvalue weighted by molar-refractivity contribution is 5.82. The van der Waals surface area contributed by atoms with E-state index in [-0.39, 0.29) is 5.97 Å². The van der Waals surface area contributed by atoms with E-state index in [1.807, 2.05) is 12.2 Å². The predicted molar refractivity (Wildman–Crippen MR) is 179 cm³/mol. The van der Waals surface area contributed by atoms with Gasteiger partial charge in [-0.05, 0) is 51.4 Å². The highest BCUT2D eigenvalue weighted by Gasteiger charge is 1.96. The molecule has 0 aliphatic carbocycles. The quantitative estimate of drug-likeness (QED) is 0.0290. The van der Waals surface area contributed by atoms with Crippen LogP contribution in [0.15, 0.2) is 60.8 Å². The van der Waals surface area contributed by atoms with Crippen LogP contribution in [0.1, 0.15) is 168 Å². The first-order valence-electron chi connectivity index (χ1n) is 17.3. The van der Waals surface area contributed by atoms with Gasteiger partial charge in [0.25, 0.3) is 0 Å². The zero-order valence-corrected chi connectivity index (χ0v) is 26.8. The first kappa shape index (κ1) is 38.2. The van der Waals surface area contributed by atoms with Gasteiger partial charge < -0.3 is 4.74 Å². The van der Waals surface area contributed by atoms with E-state index < -0.39 is 0 Å². The largest absolute Gasteiger partial charge is 0.463 e. The second-order valence-electron chi connectivity index (χ2n) is 11.2. The Kier molecular flexibility index (Phi) is 33.6. The van der Waals surface area contributed by atoms with Gasteiger partial charge in [-0.1, -0.05) is 171 Å². The lowest BCUT2D eigenvalue weighted by Gasteiger charge is -2.02. The number of hydrogen-bond donors (Lipinski definition) is 0. The summed E-state index contributed by atoms with van der Waals surface area (Å²) in [6, 6.07) is 0. The standard InChI is InChI=1S/C38H66O2/c1-3-5-7-9-11-13-15-17-19-21-22-24-26-28-30-32-34-36-38(39)40-37-35-33-31-29-27-25-23-20-18-16-14-12-10-8-6-4-2/h12,14,18,20,26,28,30,32,34,36H,3-11,13,15-17,19,21-25,27,29,31,33,35,37H2,1-2H3/b14-12-,20-18+,28-26?,32-30?,36-34?. The molecule has 0 unspecified atom stereocenters.